The molecule has 2 N–H and O–H groups in total. The second-order valence-corrected chi connectivity index (χ2v) is 3.97. The summed E-state index contributed by atoms with van der Waals surface area (Å²) in [5.41, 5.74) is 0.483. The van der Waals surface area contributed by atoms with Crippen molar-refractivity contribution in [2.24, 2.45) is 7.05 Å². The molecule has 90 valence electrons. The number of amides is 1. The van der Waals surface area contributed by atoms with Gasteiger partial charge in [-0.15, -0.1) is 0 Å². The van der Waals surface area contributed by atoms with E-state index in [1.807, 2.05) is 19.0 Å². The zero-order valence-corrected chi connectivity index (χ0v) is 9.84. The summed E-state index contributed by atoms with van der Waals surface area (Å²) in [6.07, 6.45) is 0.998. The van der Waals surface area contributed by atoms with Gasteiger partial charge in [-0.25, -0.2) is 0 Å². The normalized spacial score (nSPS) is 12.8. The molecule has 1 heterocycles. The van der Waals surface area contributed by atoms with Gasteiger partial charge in [0.05, 0.1) is 6.10 Å². The summed E-state index contributed by atoms with van der Waals surface area (Å²) < 4.78 is 1.49. The lowest BCUT2D eigenvalue weighted by atomic mass is 10.3. The Morgan fingerprint density at radius 1 is 1.69 bits per heavy atom. The topological polar surface area (TPSA) is 70.4 Å². The van der Waals surface area contributed by atoms with Crippen LogP contribution >= 0.6 is 0 Å². The maximum atomic E-state index is 11.6. The van der Waals surface area contributed by atoms with Gasteiger partial charge in [-0.1, -0.05) is 0 Å². The number of rotatable bonds is 5. The van der Waals surface area contributed by atoms with Crippen molar-refractivity contribution in [3.63, 3.8) is 0 Å². The molecule has 0 saturated heterocycles. The molecule has 6 heteroatoms. The highest BCUT2D eigenvalue weighted by Crippen LogP contribution is 1.95. The molecule has 16 heavy (non-hydrogen) atoms. The van der Waals surface area contributed by atoms with Crippen molar-refractivity contribution < 1.29 is 9.90 Å². The SMILES string of the molecule is CN(C)CC(O)CNC(=O)c1ccnn1C. The molecule has 0 saturated carbocycles. The summed E-state index contributed by atoms with van der Waals surface area (Å²) >= 11 is 0. The van der Waals surface area contributed by atoms with E-state index in [2.05, 4.69) is 10.4 Å². The van der Waals surface area contributed by atoms with Crippen LogP contribution in [0.5, 0.6) is 0 Å². The predicted molar refractivity (Wildman–Crippen MR) is 60.1 cm³/mol. The van der Waals surface area contributed by atoms with Crippen molar-refractivity contribution in [3.8, 4) is 0 Å². The lowest BCUT2D eigenvalue weighted by Gasteiger charge is -2.16. The smallest absolute Gasteiger partial charge is 0.269 e. The van der Waals surface area contributed by atoms with Gasteiger partial charge in [-0.05, 0) is 20.2 Å². The summed E-state index contributed by atoms with van der Waals surface area (Å²) in [6, 6.07) is 1.63. The van der Waals surface area contributed by atoms with Crippen molar-refractivity contribution in [2.75, 3.05) is 27.2 Å². The van der Waals surface area contributed by atoms with Gasteiger partial charge >= 0.3 is 0 Å². The number of aliphatic hydroxyl groups excluding tert-OH is 1. The number of aromatic nitrogens is 2. The van der Waals surface area contributed by atoms with E-state index in [4.69, 9.17) is 0 Å². The third-order valence-corrected chi connectivity index (χ3v) is 2.13. The number of nitrogens with zero attached hydrogens (tertiary/aromatic N) is 3. The first-order chi connectivity index (χ1) is 7.50. The van der Waals surface area contributed by atoms with Crippen LogP contribution in [0.4, 0.5) is 0 Å². The standard InChI is InChI=1S/C10H18N4O2/c1-13(2)7-8(15)6-11-10(16)9-4-5-12-14(9)3/h4-5,8,15H,6-7H2,1-3H3,(H,11,16). The zero-order valence-electron chi connectivity index (χ0n) is 9.84. The first kappa shape index (κ1) is 12.7. The molecule has 0 aromatic carbocycles. The van der Waals surface area contributed by atoms with Crippen molar-refractivity contribution in [1.29, 1.82) is 0 Å². The quantitative estimate of drug-likeness (QED) is 0.680. The molecule has 1 amide bonds. The van der Waals surface area contributed by atoms with Crippen molar-refractivity contribution in [2.45, 2.75) is 6.10 Å². The molecule has 0 fully saturated rings. The summed E-state index contributed by atoms with van der Waals surface area (Å²) in [6.45, 7) is 0.758. The van der Waals surface area contributed by atoms with Gasteiger partial charge in [0.2, 0.25) is 0 Å². The highest BCUT2D eigenvalue weighted by Gasteiger charge is 2.11. The fourth-order valence-electron chi connectivity index (χ4n) is 1.38. The van der Waals surface area contributed by atoms with E-state index in [9.17, 15) is 9.90 Å². The van der Waals surface area contributed by atoms with Crippen LogP contribution in [-0.2, 0) is 7.05 Å². The Labute approximate surface area is 94.9 Å². The number of nitrogens with one attached hydrogen (secondary N) is 1. The van der Waals surface area contributed by atoms with Crippen LogP contribution in [0.15, 0.2) is 12.3 Å². The maximum Gasteiger partial charge on any atom is 0.269 e. The molecular formula is C10H18N4O2. The first-order valence-electron chi connectivity index (χ1n) is 5.09. The Balaban J connectivity index is 2.39. The largest absolute Gasteiger partial charge is 0.390 e. The fourth-order valence-corrected chi connectivity index (χ4v) is 1.38. The van der Waals surface area contributed by atoms with Crippen LogP contribution in [0.2, 0.25) is 0 Å². The predicted octanol–water partition coefficient (Wildman–Crippen LogP) is -0.928. The van der Waals surface area contributed by atoms with E-state index in [1.54, 1.807) is 19.3 Å². The van der Waals surface area contributed by atoms with Crippen LogP contribution in [0, 0.1) is 0 Å². The number of carbonyl (C=O) groups excluding carboxylic acids is 1. The summed E-state index contributed by atoms with van der Waals surface area (Å²) in [4.78, 5) is 13.5. The Morgan fingerprint density at radius 2 is 2.38 bits per heavy atom. The van der Waals surface area contributed by atoms with Gasteiger partial charge in [0.25, 0.3) is 5.91 Å². The molecule has 0 spiro atoms. The Bertz CT molecular complexity index is 348. The molecule has 0 bridgehead atoms. The monoisotopic (exact) mass is 226 g/mol. The minimum Gasteiger partial charge on any atom is -0.390 e. The molecule has 1 atom stereocenters. The Kier molecular flexibility index (Phi) is 4.45. The molecule has 0 radical (unpaired) electrons. The van der Waals surface area contributed by atoms with Gasteiger partial charge in [0, 0.05) is 26.3 Å². The van der Waals surface area contributed by atoms with Crippen molar-refractivity contribution >= 4 is 5.91 Å². The first-order valence-corrected chi connectivity index (χ1v) is 5.09. The highest BCUT2D eigenvalue weighted by atomic mass is 16.3. The molecule has 6 nitrogen and oxygen atoms in total. The lowest BCUT2D eigenvalue weighted by Crippen LogP contribution is -2.38. The van der Waals surface area contributed by atoms with E-state index in [0.717, 1.165) is 0 Å². The summed E-state index contributed by atoms with van der Waals surface area (Å²) in [5, 5.41) is 16.1. The average Bonchev–Trinajstić information content (AvgIpc) is 2.60. The fraction of sp³-hybridized carbons (Fsp3) is 0.600. The molecule has 1 rings (SSSR count). The second kappa shape index (κ2) is 5.62. The number of aliphatic hydroxyl groups is 1. The molecule has 1 unspecified atom stereocenters. The van der Waals surface area contributed by atoms with E-state index in [-0.39, 0.29) is 12.5 Å². The van der Waals surface area contributed by atoms with Gasteiger partial charge in [0.15, 0.2) is 0 Å². The highest BCUT2D eigenvalue weighted by molar-refractivity contribution is 5.92. The molecule has 0 aliphatic heterocycles. The van der Waals surface area contributed by atoms with E-state index in [1.165, 1.54) is 4.68 Å². The molecular weight excluding hydrogens is 208 g/mol. The molecule has 1 aromatic heterocycles. The molecule has 1 aromatic rings. The average molecular weight is 226 g/mol. The van der Waals surface area contributed by atoms with Crippen molar-refractivity contribution in [3.05, 3.63) is 18.0 Å². The Hall–Kier alpha value is -1.40. The second-order valence-electron chi connectivity index (χ2n) is 3.97. The van der Waals surface area contributed by atoms with Gasteiger partial charge in [-0.3, -0.25) is 9.48 Å². The van der Waals surface area contributed by atoms with Crippen LogP contribution in [0.1, 0.15) is 10.5 Å². The zero-order chi connectivity index (χ0) is 12.1. The minimum atomic E-state index is -0.563. The molecule has 0 aliphatic carbocycles. The van der Waals surface area contributed by atoms with Gasteiger partial charge in [0.1, 0.15) is 5.69 Å². The maximum absolute atomic E-state index is 11.6. The van der Waals surface area contributed by atoms with Gasteiger partial charge < -0.3 is 15.3 Å². The van der Waals surface area contributed by atoms with Gasteiger partial charge in [-0.2, -0.15) is 5.10 Å². The van der Waals surface area contributed by atoms with E-state index < -0.39 is 6.10 Å². The van der Waals surface area contributed by atoms with Crippen molar-refractivity contribution in [1.82, 2.24) is 20.0 Å². The van der Waals surface area contributed by atoms with E-state index in [0.29, 0.717) is 12.2 Å². The minimum absolute atomic E-state index is 0.224. The summed E-state index contributed by atoms with van der Waals surface area (Å²) in [5.74, 6) is -0.224. The lowest BCUT2D eigenvalue weighted by molar-refractivity contribution is 0.0883. The number of hydrogen-bond donors (Lipinski definition) is 2. The number of aryl methyl sites for hydroxylation is 1. The number of carbonyl (C=O) groups is 1. The third kappa shape index (κ3) is 3.63. The number of hydrogen-bond acceptors (Lipinski definition) is 4. The van der Waals surface area contributed by atoms with Crippen LogP contribution in [0.3, 0.4) is 0 Å². The van der Waals surface area contributed by atoms with Crippen LogP contribution in [0.25, 0.3) is 0 Å². The molecule has 0 aliphatic rings. The van der Waals surface area contributed by atoms with Crippen LogP contribution in [-0.4, -0.2) is 59.0 Å². The summed E-state index contributed by atoms with van der Waals surface area (Å²) in [7, 11) is 5.43. The Morgan fingerprint density at radius 3 is 2.88 bits per heavy atom. The van der Waals surface area contributed by atoms with E-state index >= 15 is 0 Å². The number of likely N-dealkylation sites (N-methyl/N-ethyl adjacent to an activating group) is 1. The van der Waals surface area contributed by atoms with Crippen LogP contribution < -0.4 is 5.32 Å². The third-order valence-electron chi connectivity index (χ3n) is 2.13.